The van der Waals surface area contributed by atoms with Gasteiger partial charge in [-0.25, -0.2) is 4.79 Å². The highest BCUT2D eigenvalue weighted by Crippen LogP contribution is 2.38. The van der Waals surface area contributed by atoms with Gasteiger partial charge in [0.15, 0.2) is 0 Å². The number of esters is 1. The van der Waals surface area contributed by atoms with E-state index >= 15 is 0 Å². The Labute approximate surface area is 164 Å². The lowest BCUT2D eigenvalue weighted by molar-refractivity contribution is -0.144. The van der Waals surface area contributed by atoms with Crippen molar-refractivity contribution in [2.45, 2.75) is 32.0 Å². The molecule has 0 unspecified atom stereocenters. The number of ether oxygens (including phenoxy) is 1. The molecule has 0 radical (unpaired) electrons. The Hall–Kier alpha value is -2.67. The van der Waals surface area contributed by atoms with Crippen molar-refractivity contribution >= 4 is 39.4 Å². The van der Waals surface area contributed by atoms with Crippen LogP contribution in [0.4, 0.5) is 5.69 Å². The summed E-state index contributed by atoms with van der Waals surface area (Å²) in [6, 6.07) is 11.8. The number of cyclic esters (lactones) is 1. The maximum atomic E-state index is 12.9. The van der Waals surface area contributed by atoms with Crippen LogP contribution in [0.5, 0.6) is 0 Å². The lowest BCUT2D eigenvalue weighted by atomic mass is 10.1. The Morgan fingerprint density at radius 1 is 1.22 bits per heavy atom. The second-order valence-corrected chi connectivity index (χ2v) is 7.51. The van der Waals surface area contributed by atoms with E-state index < -0.39 is 18.2 Å². The minimum atomic E-state index is -0.855. The molecule has 2 heterocycles. The number of amides is 2. The van der Waals surface area contributed by atoms with Crippen LogP contribution in [0, 0.1) is 6.92 Å². The molecule has 1 fully saturated rings. The van der Waals surface area contributed by atoms with E-state index in [-0.39, 0.29) is 18.2 Å². The summed E-state index contributed by atoms with van der Waals surface area (Å²) in [5.74, 6) is -0.961. The van der Waals surface area contributed by atoms with Crippen LogP contribution in [-0.2, 0) is 14.3 Å². The largest absolute Gasteiger partial charge is 0.433 e. The maximum Gasteiger partial charge on any atom is 0.340 e. The fourth-order valence-corrected chi connectivity index (χ4v) is 3.78. The van der Waals surface area contributed by atoms with Crippen LogP contribution in [0.2, 0.25) is 0 Å². The standard InChI is InChI=1S/C20H17BrN2O4/c1-11-10-12(6-7-15(11)21)22-18(25)16-8-9-17(24)23(16)19-13-4-2-3-5-14(13)20(26)27-19/h2-7,10,16,19H,8-9H2,1H3,(H,22,25)/t16-,19+/m0/s1. The Kier molecular flexibility index (Phi) is 4.47. The molecule has 7 heteroatoms. The second-order valence-electron chi connectivity index (χ2n) is 6.65. The van der Waals surface area contributed by atoms with Gasteiger partial charge in [-0.05, 0) is 43.2 Å². The molecule has 2 aliphatic rings. The molecule has 0 saturated carbocycles. The van der Waals surface area contributed by atoms with Gasteiger partial charge in [-0.15, -0.1) is 0 Å². The number of nitrogens with one attached hydrogen (secondary N) is 1. The summed E-state index contributed by atoms with van der Waals surface area (Å²) in [6.07, 6.45) is -0.226. The zero-order valence-corrected chi connectivity index (χ0v) is 16.2. The summed E-state index contributed by atoms with van der Waals surface area (Å²) in [5, 5.41) is 2.87. The van der Waals surface area contributed by atoms with E-state index in [0.29, 0.717) is 23.2 Å². The van der Waals surface area contributed by atoms with Crippen LogP contribution < -0.4 is 5.32 Å². The van der Waals surface area contributed by atoms with Crippen molar-refractivity contribution in [3.05, 3.63) is 63.6 Å². The molecule has 2 atom stereocenters. The smallest absolute Gasteiger partial charge is 0.340 e. The molecular formula is C20H17BrN2O4. The van der Waals surface area contributed by atoms with Crippen LogP contribution >= 0.6 is 15.9 Å². The molecule has 0 spiro atoms. The number of likely N-dealkylation sites (tertiary alicyclic amines) is 1. The molecule has 27 heavy (non-hydrogen) atoms. The third-order valence-electron chi connectivity index (χ3n) is 4.90. The Balaban J connectivity index is 1.59. The highest BCUT2D eigenvalue weighted by molar-refractivity contribution is 9.10. The lowest BCUT2D eigenvalue weighted by Crippen LogP contribution is -2.43. The van der Waals surface area contributed by atoms with Gasteiger partial charge in [0.1, 0.15) is 6.04 Å². The summed E-state index contributed by atoms with van der Waals surface area (Å²) in [7, 11) is 0. The molecule has 2 aromatic rings. The van der Waals surface area contributed by atoms with E-state index in [9.17, 15) is 14.4 Å². The highest BCUT2D eigenvalue weighted by atomic mass is 79.9. The minimum Gasteiger partial charge on any atom is -0.433 e. The molecule has 2 aromatic carbocycles. The fourth-order valence-electron chi connectivity index (χ4n) is 3.54. The van der Waals surface area contributed by atoms with Crippen molar-refractivity contribution in [2.24, 2.45) is 0 Å². The third-order valence-corrected chi connectivity index (χ3v) is 5.79. The van der Waals surface area contributed by atoms with Gasteiger partial charge in [0.25, 0.3) is 0 Å². The Morgan fingerprint density at radius 3 is 2.78 bits per heavy atom. The molecule has 1 saturated heterocycles. The summed E-state index contributed by atoms with van der Waals surface area (Å²) < 4.78 is 6.38. The Bertz CT molecular complexity index is 959. The average Bonchev–Trinajstić information content (AvgIpc) is 3.19. The number of benzene rings is 2. The average molecular weight is 429 g/mol. The monoisotopic (exact) mass is 428 g/mol. The van der Waals surface area contributed by atoms with Gasteiger partial charge in [-0.1, -0.05) is 34.1 Å². The van der Waals surface area contributed by atoms with Crippen LogP contribution in [-0.4, -0.2) is 28.7 Å². The minimum absolute atomic E-state index is 0.198. The first-order valence-electron chi connectivity index (χ1n) is 8.64. The van der Waals surface area contributed by atoms with E-state index in [2.05, 4.69) is 21.2 Å². The fraction of sp³-hybridized carbons (Fsp3) is 0.250. The van der Waals surface area contributed by atoms with Gasteiger partial charge in [0.2, 0.25) is 18.0 Å². The molecule has 0 bridgehead atoms. The molecule has 4 rings (SSSR count). The van der Waals surface area contributed by atoms with Crippen molar-refractivity contribution in [2.75, 3.05) is 5.32 Å². The van der Waals surface area contributed by atoms with Crippen molar-refractivity contribution in [1.82, 2.24) is 4.90 Å². The predicted octanol–water partition coefficient (Wildman–Crippen LogP) is 3.56. The van der Waals surface area contributed by atoms with E-state index in [1.807, 2.05) is 19.1 Å². The van der Waals surface area contributed by atoms with Gasteiger partial charge in [0, 0.05) is 22.1 Å². The van der Waals surface area contributed by atoms with Gasteiger partial charge in [-0.3, -0.25) is 14.5 Å². The molecule has 0 aliphatic carbocycles. The first-order valence-corrected chi connectivity index (χ1v) is 9.43. The number of aryl methyl sites for hydroxylation is 1. The number of anilines is 1. The summed E-state index contributed by atoms with van der Waals surface area (Å²) in [4.78, 5) is 38.9. The molecule has 1 N–H and O–H groups in total. The number of rotatable bonds is 3. The number of hydrogen-bond donors (Lipinski definition) is 1. The first-order chi connectivity index (χ1) is 13.0. The lowest BCUT2D eigenvalue weighted by Gasteiger charge is -2.29. The van der Waals surface area contributed by atoms with Crippen molar-refractivity contribution in [1.29, 1.82) is 0 Å². The van der Waals surface area contributed by atoms with Crippen LogP contribution in [0.3, 0.4) is 0 Å². The topological polar surface area (TPSA) is 75.7 Å². The Morgan fingerprint density at radius 2 is 2.00 bits per heavy atom. The van der Waals surface area contributed by atoms with E-state index in [1.54, 1.807) is 30.3 Å². The molecule has 0 aromatic heterocycles. The number of fused-ring (bicyclic) bond motifs is 1. The van der Waals surface area contributed by atoms with E-state index in [4.69, 9.17) is 4.74 Å². The van der Waals surface area contributed by atoms with Crippen molar-refractivity contribution < 1.29 is 19.1 Å². The molecule has 2 aliphatic heterocycles. The molecule has 2 amide bonds. The van der Waals surface area contributed by atoms with Crippen LogP contribution in [0.15, 0.2) is 46.9 Å². The third kappa shape index (κ3) is 3.12. The van der Waals surface area contributed by atoms with Crippen LogP contribution in [0.1, 0.15) is 40.6 Å². The zero-order chi connectivity index (χ0) is 19.1. The predicted molar refractivity (Wildman–Crippen MR) is 102 cm³/mol. The van der Waals surface area contributed by atoms with Crippen LogP contribution in [0.25, 0.3) is 0 Å². The van der Waals surface area contributed by atoms with Gasteiger partial charge >= 0.3 is 5.97 Å². The number of carbonyl (C=O) groups excluding carboxylic acids is 3. The summed E-state index contributed by atoms with van der Waals surface area (Å²) >= 11 is 3.43. The van der Waals surface area contributed by atoms with E-state index in [1.165, 1.54) is 4.90 Å². The number of hydrogen-bond acceptors (Lipinski definition) is 4. The van der Waals surface area contributed by atoms with Gasteiger partial charge in [-0.2, -0.15) is 0 Å². The zero-order valence-electron chi connectivity index (χ0n) is 14.6. The SMILES string of the molecule is Cc1cc(NC(=O)[C@@H]2CCC(=O)N2[C@@H]2OC(=O)c3ccccc32)ccc1Br. The molecule has 138 valence electrons. The number of carbonyl (C=O) groups is 3. The second kappa shape index (κ2) is 6.81. The maximum absolute atomic E-state index is 12.9. The van der Waals surface area contributed by atoms with Crippen molar-refractivity contribution in [3.8, 4) is 0 Å². The quantitative estimate of drug-likeness (QED) is 0.758. The molecule has 6 nitrogen and oxygen atoms in total. The highest BCUT2D eigenvalue weighted by Gasteiger charge is 2.46. The van der Waals surface area contributed by atoms with Gasteiger partial charge < -0.3 is 10.1 Å². The normalized spacial score (nSPS) is 21.2. The van der Waals surface area contributed by atoms with Gasteiger partial charge in [0.05, 0.1) is 5.56 Å². The number of nitrogens with zero attached hydrogens (tertiary/aromatic N) is 1. The van der Waals surface area contributed by atoms with Crippen molar-refractivity contribution in [3.63, 3.8) is 0 Å². The van der Waals surface area contributed by atoms with E-state index in [0.717, 1.165) is 10.0 Å². The number of halogens is 1. The summed E-state index contributed by atoms with van der Waals surface area (Å²) in [5.41, 5.74) is 2.70. The first kappa shape index (κ1) is 17.7. The summed E-state index contributed by atoms with van der Waals surface area (Å²) in [6.45, 7) is 1.93. The molecular weight excluding hydrogens is 412 g/mol.